The van der Waals surface area contributed by atoms with Gasteiger partial charge in [0.1, 0.15) is 5.78 Å². The number of ketones is 1. The zero-order chi connectivity index (χ0) is 13.0. The van der Waals surface area contributed by atoms with E-state index in [0.717, 1.165) is 15.9 Å². The summed E-state index contributed by atoms with van der Waals surface area (Å²) < 4.78 is 0.829. The van der Waals surface area contributed by atoms with Crippen molar-refractivity contribution in [1.82, 2.24) is 0 Å². The van der Waals surface area contributed by atoms with E-state index in [2.05, 4.69) is 0 Å². The van der Waals surface area contributed by atoms with E-state index < -0.39 is 0 Å². The Morgan fingerprint density at radius 2 is 1.89 bits per heavy atom. The van der Waals surface area contributed by atoms with Crippen LogP contribution in [0.1, 0.15) is 19.0 Å². The Kier molecular flexibility index (Phi) is 3.72. The average molecular weight is 241 g/mol. The molecule has 0 bridgehead atoms. The summed E-state index contributed by atoms with van der Waals surface area (Å²) in [6.45, 7) is 1.54. The van der Waals surface area contributed by atoms with Crippen molar-refractivity contribution in [2.75, 3.05) is 0 Å². The molecule has 18 heavy (non-hydrogen) atoms. The fourth-order valence-electron chi connectivity index (χ4n) is 1.83. The maximum atomic E-state index is 11.6. The van der Waals surface area contributed by atoms with Gasteiger partial charge in [-0.3, -0.25) is 0 Å². The zero-order valence-electron chi connectivity index (χ0n) is 10.3. The van der Waals surface area contributed by atoms with Crippen LogP contribution in [0.5, 0.6) is 0 Å². The Morgan fingerprint density at radius 1 is 1.17 bits per heavy atom. The molecule has 0 aliphatic carbocycles. The minimum atomic E-state index is 0.0973. The van der Waals surface area contributed by atoms with Crippen molar-refractivity contribution in [3.63, 3.8) is 0 Å². The predicted octanol–water partition coefficient (Wildman–Crippen LogP) is 2.51. The van der Waals surface area contributed by atoms with Gasteiger partial charge in [0, 0.05) is 25.0 Å². The minimum absolute atomic E-state index is 0.0973. The van der Waals surface area contributed by atoms with E-state index >= 15 is 0 Å². The number of carbonyl (C=O) groups excluding carboxylic acids is 1. The fraction of sp³-hybridized carbons (Fsp3) is 0.200. The number of carbonyl (C=O) groups is 1. The second-order valence-electron chi connectivity index (χ2n) is 4.30. The summed E-state index contributed by atoms with van der Waals surface area (Å²) in [5.41, 5.74) is 2.70. The summed E-state index contributed by atoms with van der Waals surface area (Å²) in [6, 6.07) is 13.5. The molecule has 0 saturated heterocycles. The Hall–Kier alpha value is -2.16. The van der Waals surface area contributed by atoms with E-state index in [1.807, 2.05) is 36.4 Å². The van der Waals surface area contributed by atoms with Gasteiger partial charge in [0.25, 0.3) is 0 Å². The highest BCUT2D eigenvalue weighted by molar-refractivity contribution is 5.75. The molecule has 0 unspecified atom stereocenters. The fourth-order valence-corrected chi connectivity index (χ4v) is 1.83. The molecule has 0 saturated carbocycles. The van der Waals surface area contributed by atoms with Gasteiger partial charge in [-0.15, -0.1) is 0 Å². The van der Waals surface area contributed by atoms with Crippen LogP contribution in [0.2, 0.25) is 0 Å². The molecule has 0 spiro atoms. The molecule has 0 amide bonds. The van der Waals surface area contributed by atoms with Gasteiger partial charge in [0.2, 0.25) is 0 Å². The number of benzene rings is 1. The SMILES string of the molecule is CC(=O)CCc1cc(-c2ccccc2)cc[n+]1[O-]. The molecule has 0 radical (unpaired) electrons. The smallest absolute Gasteiger partial charge is 0.193 e. The third kappa shape index (κ3) is 2.94. The minimum Gasteiger partial charge on any atom is -0.619 e. The molecule has 3 nitrogen and oxygen atoms in total. The molecule has 3 heteroatoms. The second-order valence-corrected chi connectivity index (χ2v) is 4.30. The maximum Gasteiger partial charge on any atom is 0.193 e. The first-order valence-electron chi connectivity index (χ1n) is 5.94. The second kappa shape index (κ2) is 5.45. The molecule has 2 aromatic rings. The first-order chi connectivity index (χ1) is 8.66. The Balaban J connectivity index is 2.29. The van der Waals surface area contributed by atoms with E-state index in [0.29, 0.717) is 18.5 Å². The van der Waals surface area contributed by atoms with Crippen LogP contribution in [0.3, 0.4) is 0 Å². The molecule has 92 valence electrons. The lowest BCUT2D eigenvalue weighted by atomic mass is 10.0. The van der Waals surface area contributed by atoms with Crippen LogP contribution in [0.25, 0.3) is 11.1 Å². The summed E-state index contributed by atoms with van der Waals surface area (Å²) >= 11 is 0. The lowest BCUT2D eigenvalue weighted by Gasteiger charge is -2.06. The van der Waals surface area contributed by atoms with Gasteiger partial charge in [0.05, 0.1) is 0 Å². The first kappa shape index (κ1) is 12.3. The average Bonchev–Trinajstić information content (AvgIpc) is 2.38. The number of rotatable bonds is 4. The lowest BCUT2D eigenvalue weighted by Crippen LogP contribution is -2.31. The highest BCUT2D eigenvalue weighted by Gasteiger charge is 2.09. The molecular formula is C15H15NO2. The van der Waals surface area contributed by atoms with E-state index in [4.69, 9.17) is 0 Å². The van der Waals surface area contributed by atoms with Crippen molar-refractivity contribution < 1.29 is 9.52 Å². The van der Waals surface area contributed by atoms with Gasteiger partial charge in [-0.2, -0.15) is 4.73 Å². The van der Waals surface area contributed by atoms with E-state index in [-0.39, 0.29) is 5.78 Å². The molecule has 0 aliphatic rings. The van der Waals surface area contributed by atoms with Crippen LogP contribution in [-0.2, 0) is 11.2 Å². The highest BCUT2D eigenvalue weighted by Crippen LogP contribution is 2.18. The van der Waals surface area contributed by atoms with E-state index in [1.165, 1.54) is 13.1 Å². The van der Waals surface area contributed by atoms with Crippen LogP contribution >= 0.6 is 0 Å². The van der Waals surface area contributed by atoms with Crippen LogP contribution < -0.4 is 4.73 Å². The maximum absolute atomic E-state index is 11.6. The predicted molar refractivity (Wildman–Crippen MR) is 69.8 cm³/mol. The van der Waals surface area contributed by atoms with Crippen molar-refractivity contribution in [3.05, 3.63) is 59.6 Å². The number of pyridine rings is 1. The summed E-state index contributed by atoms with van der Waals surface area (Å²) in [5.74, 6) is 0.0973. The number of Topliss-reactive ketones (excluding diaryl/α,β-unsaturated/α-hetero) is 1. The Bertz CT molecular complexity index is 550. The number of hydrogen-bond donors (Lipinski definition) is 0. The van der Waals surface area contributed by atoms with Crippen molar-refractivity contribution in [3.8, 4) is 11.1 Å². The molecule has 0 atom stereocenters. The van der Waals surface area contributed by atoms with Gasteiger partial charge < -0.3 is 10.0 Å². The Labute approximate surface area is 106 Å². The summed E-state index contributed by atoms with van der Waals surface area (Å²) in [4.78, 5) is 11.0. The largest absolute Gasteiger partial charge is 0.619 e. The quantitative estimate of drug-likeness (QED) is 0.609. The van der Waals surface area contributed by atoms with Gasteiger partial charge in [-0.05, 0) is 18.1 Å². The molecule has 1 aromatic carbocycles. The number of aromatic nitrogens is 1. The number of nitrogens with zero attached hydrogens (tertiary/aromatic N) is 1. The Morgan fingerprint density at radius 3 is 2.56 bits per heavy atom. The standard InChI is InChI=1S/C15H15NO2/c1-12(17)7-8-15-11-14(9-10-16(15)18)13-5-3-2-4-6-13/h2-6,9-11H,7-8H2,1H3. The monoisotopic (exact) mass is 241 g/mol. The first-order valence-corrected chi connectivity index (χ1v) is 5.94. The third-order valence-corrected chi connectivity index (χ3v) is 2.84. The molecule has 1 aromatic heterocycles. The van der Waals surface area contributed by atoms with Crippen molar-refractivity contribution in [2.45, 2.75) is 19.8 Å². The number of aryl methyl sites for hydroxylation is 1. The van der Waals surface area contributed by atoms with Crippen LogP contribution in [0.15, 0.2) is 48.7 Å². The lowest BCUT2D eigenvalue weighted by molar-refractivity contribution is -0.613. The normalized spacial score (nSPS) is 10.3. The molecule has 2 rings (SSSR count). The number of hydrogen-bond acceptors (Lipinski definition) is 2. The van der Waals surface area contributed by atoms with E-state index in [1.54, 1.807) is 6.07 Å². The zero-order valence-corrected chi connectivity index (χ0v) is 10.3. The highest BCUT2D eigenvalue weighted by atomic mass is 16.5. The molecule has 1 heterocycles. The van der Waals surface area contributed by atoms with Gasteiger partial charge >= 0.3 is 0 Å². The van der Waals surface area contributed by atoms with Gasteiger partial charge in [0.15, 0.2) is 11.9 Å². The summed E-state index contributed by atoms with van der Waals surface area (Å²) in [7, 11) is 0. The summed E-state index contributed by atoms with van der Waals surface area (Å²) in [5, 5.41) is 11.6. The molecule has 0 aliphatic heterocycles. The third-order valence-electron chi connectivity index (χ3n) is 2.84. The van der Waals surface area contributed by atoms with E-state index in [9.17, 15) is 10.0 Å². The van der Waals surface area contributed by atoms with Crippen molar-refractivity contribution in [1.29, 1.82) is 0 Å². The van der Waals surface area contributed by atoms with Crippen molar-refractivity contribution >= 4 is 5.78 Å². The molecular weight excluding hydrogens is 226 g/mol. The molecule has 0 N–H and O–H groups in total. The molecule has 0 fully saturated rings. The van der Waals surface area contributed by atoms with Gasteiger partial charge in [-0.25, -0.2) is 0 Å². The van der Waals surface area contributed by atoms with Crippen LogP contribution in [0.4, 0.5) is 0 Å². The summed E-state index contributed by atoms with van der Waals surface area (Å²) in [6.07, 6.45) is 2.39. The van der Waals surface area contributed by atoms with Gasteiger partial charge in [-0.1, -0.05) is 30.3 Å². The topological polar surface area (TPSA) is 44.0 Å². The van der Waals surface area contributed by atoms with Crippen molar-refractivity contribution in [2.24, 2.45) is 0 Å². The van der Waals surface area contributed by atoms with Crippen LogP contribution in [-0.4, -0.2) is 5.78 Å². The van der Waals surface area contributed by atoms with Crippen LogP contribution in [0, 0.1) is 5.21 Å².